The van der Waals surface area contributed by atoms with Crippen molar-refractivity contribution in [3.05, 3.63) is 146 Å². The summed E-state index contributed by atoms with van der Waals surface area (Å²) in [7, 11) is 1.51. The number of carbonyl (C=O) groups excluding carboxylic acids is 1. The van der Waals surface area contributed by atoms with Gasteiger partial charge in [0.25, 0.3) is 0 Å². The van der Waals surface area contributed by atoms with Crippen molar-refractivity contribution in [1.82, 2.24) is 5.32 Å². The Balaban J connectivity index is 4.26. The number of nitrogens with one attached hydrogen (secondary N) is 1. The van der Waals surface area contributed by atoms with Crippen molar-refractivity contribution in [2.75, 3.05) is 40.9 Å². The Morgan fingerprint density at radius 2 is 0.859 bits per heavy atom. The molecule has 0 spiro atoms. The molecule has 0 fully saturated rings. The van der Waals surface area contributed by atoms with Crippen LogP contribution in [0.3, 0.4) is 0 Å². The molecule has 0 rings (SSSR count). The Labute approximate surface area is 436 Å². The standard InChI is InChI=1S/C62H103N2O6P/c1-6-8-10-12-14-16-18-20-22-23-24-25-26-27-28-29-30-31-32-33-34-35-36-37-38-39-40-41-42-44-46-48-50-52-54-56-62(66)63-60(59-70-71(67,68)69-58-57-64(3,4)5)61(65)55-53-51-49-47-45-43-21-19-17-15-13-11-9-7-2/h8,10,14,16-17,19-20,22,24-25,27-28,30-31,33-34,36-37,39-40,45,47,53,55,60-61,65H,6-7,9,11-13,15,18,21,23,26,29,32,35,38,41-44,46,48-52,54,56-59H2,1-5H3,(H-,63,66,67,68)/p+1/b10-8-,16-14-,19-17+,22-20-,25-24-,28-27-,31-30-,34-33-,37-36-,40-39-,47-45+,55-53+. The van der Waals surface area contributed by atoms with Gasteiger partial charge in [0.1, 0.15) is 13.2 Å². The molecule has 0 saturated carbocycles. The second kappa shape index (κ2) is 51.3. The van der Waals surface area contributed by atoms with Crippen LogP contribution >= 0.6 is 7.82 Å². The summed E-state index contributed by atoms with van der Waals surface area (Å²) >= 11 is 0. The van der Waals surface area contributed by atoms with Gasteiger partial charge < -0.3 is 19.8 Å². The SMILES string of the molecule is CC/C=C\C/C=C\C/C=C\C/C=C\C/C=C\C/C=C\C/C=C\C/C=C\C/C=C\CCCCCCCCCC(=O)NC(COP(=O)(O)OCC[N+](C)(C)C)C(O)/C=C/CC/C=C/CC/C=C/CCCCCC. The number of phosphoric acid groups is 1. The molecular weight excluding hydrogens is 900 g/mol. The molecule has 402 valence electrons. The summed E-state index contributed by atoms with van der Waals surface area (Å²) in [5, 5.41) is 13.8. The third-order valence-electron chi connectivity index (χ3n) is 11.3. The Morgan fingerprint density at radius 3 is 1.30 bits per heavy atom. The lowest BCUT2D eigenvalue weighted by Crippen LogP contribution is -2.45. The number of rotatable bonds is 48. The quantitative estimate of drug-likeness (QED) is 0.0243. The highest BCUT2D eigenvalue weighted by Crippen LogP contribution is 2.43. The number of hydrogen-bond acceptors (Lipinski definition) is 5. The van der Waals surface area contributed by atoms with E-state index in [2.05, 4.69) is 153 Å². The minimum absolute atomic E-state index is 0.0429. The smallest absolute Gasteiger partial charge is 0.387 e. The molecule has 0 aliphatic rings. The largest absolute Gasteiger partial charge is 0.472 e. The highest BCUT2D eigenvalue weighted by molar-refractivity contribution is 7.47. The summed E-state index contributed by atoms with van der Waals surface area (Å²) in [5.74, 6) is -0.211. The number of allylic oxidation sites excluding steroid dienone is 23. The molecule has 0 aliphatic carbocycles. The zero-order valence-corrected chi connectivity index (χ0v) is 46.5. The second-order valence-electron chi connectivity index (χ2n) is 19.2. The number of aliphatic hydroxyl groups is 1. The van der Waals surface area contributed by atoms with Gasteiger partial charge in [-0.05, 0) is 116 Å². The lowest BCUT2D eigenvalue weighted by atomic mass is 10.1. The Hall–Kier alpha value is -3.62. The van der Waals surface area contributed by atoms with Gasteiger partial charge in [0, 0.05) is 6.42 Å². The van der Waals surface area contributed by atoms with Gasteiger partial charge in [-0.1, -0.05) is 211 Å². The van der Waals surface area contributed by atoms with Crippen molar-refractivity contribution in [3.8, 4) is 0 Å². The average molecular weight is 1000 g/mol. The minimum Gasteiger partial charge on any atom is -0.387 e. The summed E-state index contributed by atoms with van der Waals surface area (Å²) in [6.07, 6.45) is 79.4. The molecule has 3 atom stereocenters. The molecule has 0 aromatic heterocycles. The number of nitrogens with zero attached hydrogens (tertiary/aromatic N) is 1. The first-order valence-electron chi connectivity index (χ1n) is 27.7. The highest BCUT2D eigenvalue weighted by Gasteiger charge is 2.27. The zero-order chi connectivity index (χ0) is 52.0. The fraction of sp³-hybridized carbons (Fsp3) is 0.597. The number of hydrogen-bond donors (Lipinski definition) is 3. The van der Waals surface area contributed by atoms with Crippen LogP contribution in [0.5, 0.6) is 0 Å². The number of unbranched alkanes of at least 4 members (excludes halogenated alkanes) is 13. The normalized spacial score (nSPS) is 15.1. The van der Waals surface area contributed by atoms with Crippen LogP contribution in [0, 0.1) is 0 Å². The molecule has 8 nitrogen and oxygen atoms in total. The van der Waals surface area contributed by atoms with Gasteiger partial charge in [-0.3, -0.25) is 13.8 Å². The van der Waals surface area contributed by atoms with E-state index in [1.807, 2.05) is 27.2 Å². The molecule has 0 saturated heterocycles. The van der Waals surface area contributed by atoms with Crippen molar-refractivity contribution in [1.29, 1.82) is 0 Å². The molecule has 0 aromatic rings. The van der Waals surface area contributed by atoms with Crippen molar-refractivity contribution < 1.29 is 32.9 Å². The summed E-state index contributed by atoms with van der Waals surface area (Å²) in [4.78, 5) is 23.2. The first-order chi connectivity index (χ1) is 34.5. The van der Waals surface area contributed by atoms with Crippen molar-refractivity contribution >= 4 is 13.7 Å². The average Bonchev–Trinajstić information content (AvgIpc) is 3.33. The summed E-state index contributed by atoms with van der Waals surface area (Å²) < 4.78 is 23.6. The molecule has 3 unspecified atom stereocenters. The number of likely N-dealkylation sites (N-methyl/N-ethyl adjacent to an activating group) is 1. The van der Waals surface area contributed by atoms with E-state index in [1.54, 1.807) is 6.08 Å². The third kappa shape index (κ3) is 54.0. The Bertz CT molecular complexity index is 1660. The van der Waals surface area contributed by atoms with Gasteiger partial charge >= 0.3 is 7.82 Å². The van der Waals surface area contributed by atoms with E-state index in [0.717, 1.165) is 122 Å². The monoisotopic (exact) mass is 1000 g/mol. The van der Waals surface area contributed by atoms with Crippen LogP contribution in [0.4, 0.5) is 0 Å². The molecule has 1 amide bonds. The summed E-state index contributed by atoms with van der Waals surface area (Å²) in [6, 6.07) is -0.886. The van der Waals surface area contributed by atoms with Crippen LogP contribution in [0.15, 0.2) is 146 Å². The van der Waals surface area contributed by atoms with Crippen molar-refractivity contribution in [2.24, 2.45) is 0 Å². The van der Waals surface area contributed by atoms with E-state index in [-0.39, 0.29) is 19.1 Å². The molecule has 0 aliphatic heterocycles. The van der Waals surface area contributed by atoms with Crippen molar-refractivity contribution in [3.63, 3.8) is 0 Å². The van der Waals surface area contributed by atoms with E-state index >= 15 is 0 Å². The fourth-order valence-corrected chi connectivity index (χ4v) is 7.68. The topological polar surface area (TPSA) is 105 Å². The van der Waals surface area contributed by atoms with Gasteiger partial charge in [-0.15, -0.1) is 0 Å². The van der Waals surface area contributed by atoms with Crippen LogP contribution in [-0.4, -0.2) is 73.4 Å². The molecule has 0 aromatic carbocycles. The minimum atomic E-state index is -4.37. The van der Waals surface area contributed by atoms with Gasteiger partial charge in [0.2, 0.25) is 5.91 Å². The van der Waals surface area contributed by atoms with Crippen LogP contribution in [0.1, 0.15) is 187 Å². The Kier molecular flexibility index (Phi) is 48.7. The third-order valence-corrected chi connectivity index (χ3v) is 12.3. The molecule has 3 N–H and O–H groups in total. The molecule has 71 heavy (non-hydrogen) atoms. The summed E-state index contributed by atoms with van der Waals surface area (Å²) in [5.41, 5.74) is 0. The maximum atomic E-state index is 12.9. The van der Waals surface area contributed by atoms with Crippen LogP contribution < -0.4 is 5.32 Å². The summed E-state index contributed by atoms with van der Waals surface area (Å²) in [6.45, 7) is 4.61. The maximum absolute atomic E-state index is 12.9. The lowest BCUT2D eigenvalue weighted by Gasteiger charge is -2.25. The van der Waals surface area contributed by atoms with Gasteiger partial charge in [0.05, 0.1) is 39.9 Å². The number of amides is 1. The highest BCUT2D eigenvalue weighted by atomic mass is 31.2. The van der Waals surface area contributed by atoms with Gasteiger partial charge in [0.15, 0.2) is 0 Å². The first kappa shape index (κ1) is 67.4. The van der Waals surface area contributed by atoms with Gasteiger partial charge in [-0.25, -0.2) is 4.57 Å². The fourth-order valence-electron chi connectivity index (χ4n) is 6.95. The lowest BCUT2D eigenvalue weighted by molar-refractivity contribution is -0.870. The van der Waals surface area contributed by atoms with E-state index in [0.29, 0.717) is 17.4 Å². The molecule has 0 radical (unpaired) electrons. The number of quaternary nitrogens is 1. The molecule has 0 heterocycles. The van der Waals surface area contributed by atoms with E-state index in [4.69, 9.17) is 9.05 Å². The maximum Gasteiger partial charge on any atom is 0.472 e. The van der Waals surface area contributed by atoms with Crippen LogP contribution in [-0.2, 0) is 18.4 Å². The first-order valence-corrected chi connectivity index (χ1v) is 29.2. The van der Waals surface area contributed by atoms with Crippen LogP contribution in [0.2, 0.25) is 0 Å². The second-order valence-corrected chi connectivity index (χ2v) is 20.7. The van der Waals surface area contributed by atoms with Gasteiger partial charge in [-0.2, -0.15) is 0 Å². The zero-order valence-electron chi connectivity index (χ0n) is 45.6. The molecular formula is C62H104N2O6P+. The predicted molar refractivity (Wildman–Crippen MR) is 308 cm³/mol. The van der Waals surface area contributed by atoms with E-state index < -0.39 is 20.0 Å². The predicted octanol–water partition coefficient (Wildman–Crippen LogP) is 16.9. The van der Waals surface area contributed by atoms with E-state index in [1.165, 1.54) is 44.9 Å². The molecule has 9 heteroatoms. The molecule has 0 bridgehead atoms. The Morgan fingerprint density at radius 1 is 0.493 bits per heavy atom. The number of aliphatic hydroxyl groups excluding tert-OH is 1. The van der Waals surface area contributed by atoms with Crippen LogP contribution in [0.25, 0.3) is 0 Å². The van der Waals surface area contributed by atoms with E-state index in [9.17, 15) is 19.4 Å². The van der Waals surface area contributed by atoms with Crippen molar-refractivity contribution in [2.45, 2.75) is 199 Å². The number of phosphoric ester groups is 1. The number of carbonyl (C=O) groups is 1.